The molecular formula is C21H20ClF2N7O2S. The molecule has 0 radical (unpaired) electrons. The Morgan fingerprint density at radius 1 is 1.00 bits per heavy atom. The van der Waals surface area contributed by atoms with Gasteiger partial charge in [0.25, 0.3) is 0 Å². The molecular weight excluding hydrogens is 488 g/mol. The molecule has 0 bridgehead atoms. The van der Waals surface area contributed by atoms with Gasteiger partial charge in [0.2, 0.25) is 10.0 Å². The molecule has 2 aromatic carbocycles. The number of para-hydroxylation sites is 1. The molecule has 0 aliphatic rings. The Bertz CT molecular complexity index is 1450. The smallest absolute Gasteiger partial charge is 0.232 e. The molecule has 4 rings (SSSR count). The van der Waals surface area contributed by atoms with E-state index in [9.17, 15) is 17.2 Å². The van der Waals surface area contributed by atoms with Crippen LogP contribution in [0.2, 0.25) is 0 Å². The van der Waals surface area contributed by atoms with Crippen LogP contribution in [0.15, 0.2) is 42.5 Å². The van der Waals surface area contributed by atoms with Gasteiger partial charge in [-0.25, -0.2) is 27.2 Å². The van der Waals surface area contributed by atoms with Crippen LogP contribution in [0.3, 0.4) is 0 Å². The second-order valence-corrected chi connectivity index (χ2v) is 9.61. The molecule has 34 heavy (non-hydrogen) atoms. The summed E-state index contributed by atoms with van der Waals surface area (Å²) in [6.07, 6.45) is 0.229. The lowest BCUT2D eigenvalue weighted by Crippen LogP contribution is -2.20. The van der Waals surface area contributed by atoms with Gasteiger partial charge in [-0.2, -0.15) is 5.10 Å². The fourth-order valence-electron chi connectivity index (χ4n) is 3.42. The van der Waals surface area contributed by atoms with Gasteiger partial charge in [-0.1, -0.05) is 30.3 Å². The number of nitrogen functional groups attached to an aromatic ring is 2. The number of nitrogens with zero attached hydrogens (tertiary/aromatic N) is 4. The summed E-state index contributed by atoms with van der Waals surface area (Å²) < 4.78 is 57.0. The molecule has 0 fully saturated rings. The lowest BCUT2D eigenvalue weighted by atomic mass is 10.2. The van der Waals surface area contributed by atoms with Crippen molar-refractivity contribution in [1.29, 1.82) is 0 Å². The molecule has 2 aromatic heterocycles. The Morgan fingerprint density at radius 2 is 1.68 bits per heavy atom. The first-order chi connectivity index (χ1) is 16.2. The summed E-state index contributed by atoms with van der Waals surface area (Å²) in [7, 11) is -3.77. The van der Waals surface area contributed by atoms with Gasteiger partial charge in [0, 0.05) is 16.8 Å². The molecule has 0 saturated heterocycles. The van der Waals surface area contributed by atoms with E-state index in [2.05, 4.69) is 19.8 Å². The van der Waals surface area contributed by atoms with E-state index in [1.165, 1.54) is 22.9 Å². The topological polar surface area (TPSA) is 142 Å². The van der Waals surface area contributed by atoms with Crippen molar-refractivity contribution in [2.24, 2.45) is 0 Å². The van der Waals surface area contributed by atoms with Crippen LogP contribution in [-0.2, 0) is 16.6 Å². The fourth-order valence-corrected chi connectivity index (χ4v) is 4.86. The van der Waals surface area contributed by atoms with Gasteiger partial charge in [-0.05, 0) is 18.6 Å². The third-order valence-corrected chi connectivity index (χ3v) is 6.59. The van der Waals surface area contributed by atoms with Gasteiger partial charge >= 0.3 is 0 Å². The lowest BCUT2D eigenvalue weighted by Gasteiger charge is -2.12. The van der Waals surface area contributed by atoms with E-state index in [-0.39, 0.29) is 59.0 Å². The Hall–Kier alpha value is -3.51. The van der Waals surface area contributed by atoms with E-state index in [0.29, 0.717) is 10.9 Å². The van der Waals surface area contributed by atoms with E-state index in [4.69, 9.17) is 23.1 Å². The maximum absolute atomic E-state index is 14.8. The van der Waals surface area contributed by atoms with Gasteiger partial charge in [0.1, 0.15) is 28.5 Å². The van der Waals surface area contributed by atoms with Crippen molar-refractivity contribution < 1.29 is 17.2 Å². The number of anilines is 3. The first kappa shape index (κ1) is 23.6. The second kappa shape index (κ2) is 9.39. The Morgan fingerprint density at radius 3 is 2.35 bits per heavy atom. The van der Waals surface area contributed by atoms with Crippen molar-refractivity contribution >= 4 is 49.9 Å². The predicted octanol–water partition coefficient (Wildman–Crippen LogP) is 3.35. The highest BCUT2D eigenvalue weighted by molar-refractivity contribution is 7.92. The van der Waals surface area contributed by atoms with E-state index in [0.717, 1.165) is 0 Å². The third kappa shape index (κ3) is 4.73. The molecule has 0 aliphatic carbocycles. The van der Waals surface area contributed by atoms with Gasteiger partial charge in [0.15, 0.2) is 17.5 Å². The highest BCUT2D eigenvalue weighted by Crippen LogP contribution is 2.32. The molecule has 178 valence electrons. The van der Waals surface area contributed by atoms with Crippen LogP contribution < -0.4 is 16.2 Å². The van der Waals surface area contributed by atoms with Crippen molar-refractivity contribution in [3.05, 3.63) is 59.7 Å². The molecule has 0 saturated carbocycles. The van der Waals surface area contributed by atoms with Crippen LogP contribution in [0, 0.1) is 11.6 Å². The third-order valence-electron chi connectivity index (χ3n) is 4.98. The second-order valence-electron chi connectivity index (χ2n) is 7.39. The van der Waals surface area contributed by atoms with Crippen LogP contribution in [0.4, 0.5) is 26.1 Å². The summed E-state index contributed by atoms with van der Waals surface area (Å²) in [5.74, 6) is -1.60. The maximum atomic E-state index is 14.8. The van der Waals surface area contributed by atoms with Crippen LogP contribution >= 0.6 is 11.6 Å². The number of halogens is 3. The molecule has 13 heteroatoms. The number of hydrogen-bond donors (Lipinski definition) is 3. The number of nitrogens with two attached hydrogens (primary N) is 2. The maximum Gasteiger partial charge on any atom is 0.232 e. The summed E-state index contributed by atoms with van der Waals surface area (Å²) in [4.78, 5) is 8.30. The van der Waals surface area contributed by atoms with Crippen molar-refractivity contribution in [2.75, 3.05) is 27.8 Å². The fraction of sp³-hybridized carbons (Fsp3) is 0.190. The minimum absolute atomic E-state index is 0.0402. The number of sulfonamides is 1. The number of fused-ring (bicyclic) bond motifs is 1. The monoisotopic (exact) mass is 507 g/mol. The number of aromatic nitrogens is 4. The Labute approximate surface area is 198 Å². The zero-order valence-electron chi connectivity index (χ0n) is 17.7. The van der Waals surface area contributed by atoms with Crippen molar-refractivity contribution in [2.45, 2.75) is 13.0 Å². The summed E-state index contributed by atoms with van der Waals surface area (Å²) in [6.45, 7) is -0.0481. The van der Waals surface area contributed by atoms with Crippen LogP contribution in [0.25, 0.3) is 22.4 Å². The molecule has 0 spiro atoms. The van der Waals surface area contributed by atoms with Crippen LogP contribution in [0.5, 0.6) is 0 Å². The van der Waals surface area contributed by atoms with Crippen LogP contribution in [-0.4, -0.2) is 39.8 Å². The van der Waals surface area contributed by atoms with Crippen molar-refractivity contribution in [3.8, 4) is 11.5 Å². The highest BCUT2D eigenvalue weighted by Gasteiger charge is 2.22. The number of nitrogens with one attached hydrogen (secondary N) is 1. The van der Waals surface area contributed by atoms with Crippen molar-refractivity contribution in [1.82, 2.24) is 19.7 Å². The summed E-state index contributed by atoms with van der Waals surface area (Å²) in [5.41, 5.74) is 12.4. The quantitative estimate of drug-likeness (QED) is 0.310. The standard InChI is InChI=1S/C21H20ClF2N7O2S/c22-9-4-10-34(32,33)30-17-19(25)27-21(28-20(17)26)16-13-6-3-8-15(24)18(13)31(29-16)11-12-5-1-2-7-14(12)23/h1-3,5-8,30H,4,9-11H2,(H4,25,26,27,28). The zero-order valence-corrected chi connectivity index (χ0v) is 19.2. The van der Waals surface area contributed by atoms with Gasteiger partial charge in [-0.15, -0.1) is 11.6 Å². The number of alkyl halides is 1. The highest BCUT2D eigenvalue weighted by atomic mass is 35.5. The average molecular weight is 508 g/mol. The average Bonchev–Trinajstić information content (AvgIpc) is 3.16. The molecule has 0 atom stereocenters. The number of rotatable bonds is 8. The molecule has 9 nitrogen and oxygen atoms in total. The summed E-state index contributed by atoms with van der Waals surface area (Å²) >= 11 is 5.56. The summed E-state index contributed by atoms with van der Waals surface area (Å²) in [6, 6.07) is 10.4. The molecule has 0 amide bonds. The summed E-state index contributed by atoms with van der Waals surface area (Å²) in [5, 5.41) is 4.76. The SMILES string of the molecule is Nc1nc(-c2nn(Cc3ccccc3F)c3c(F)cccc23)nc(N)c1NS(=O)(=O)CCCCl. The van der Waals surface area contributed by atoms with E-state index in [1.54, 1.807) is 24.3 Å². The lowest BCUT2D eigenvalue weighted by molar-refractivity contribution is 0.581. The van der Waals surface area contributed by atoms with E-state index < -0.39 is 21.7 Å². The van der Waals surface area contributed by atoms with Gasteiger partial charge < -0.3 is 11.5 Å². The molecule has 0 aliphatic heterocycles. The number of hydrogen-bond acceptors (Lipinski definition) is 7. The van der Waals surface area contributed by atoms with Gasteiger partial charge in [0.05, 0.1) is 12.3 Å². The first-order valence-corrected chi connectivity index (χ1v) is 12.3. The zero-order chi connectivity index (χ0) is 24.5. The number of benzene rings is 2. The normalized spacial score (nSPS) is 11.7. The Balaban J connectivity index is 1.79. The largest absolute Gasteiger partial charge is 0.382 e. The molecule has 5 N–H and O–H groups in total. The van der Waals surface area contributed by atoms with E-state index >= 15 is 0 Å². The van der Waals surface area contributed by atoms with Crippen LogP contribution in [0.1, 0.15) is 12.0 Å². The molecule has 0 unspecified atom stereocenters. The van der Waals surface area contributed by atoms with E-state index in [1.807, 2.05) is 0 Å². The minimum Gasteiger partial charge on any atom is -0.382 e. The first-order valence-electron chi connectivity index (χ1n) is 10.1. The molecule has 4 aromatic rings. The predicted molar refractivity (Wildman–Crippen MR) is 128 cm³/mol. The Kier molecular flexibility index (Phi) is 6.53. The van der Waals surface area contributed by atoms with Gasteiger partial charge in [-0.3, -0.25) is 9.40 Å². The molecule has 2 heterocycles. The minimum atomic E-state index is -3.77. The van der Waals surface area contributed by atoms with Crippen molar-refractivity contribution in [3.63, 3.8) is 0 Å².